The predicted octanol–water partition coefficient (Wildman–Crippen LogP) is 1.80. The molecule has 0 unspecified atom stereocenters. The molecule has 0 spiro atoms. The van der Waals surface area contributed by atoms with Crippen LogP contribution in [0.5, 0.6) is 5.75 Å². The maximum atomic E-state index is 12.9. The molecule has 32 heavy (non-hydrogen) atoms. The third-order valence-corrected chi connectivity index (χ3v) is 6.55. The molecule has 1 aliphatic rings. The molecule has 0 atom stereocenters. The second-order valence-corrected chi connectivity index (χ2v) is 10.3. The van der Waals surface area contributed by atoms with Crippen molar-refractivity contribution in [3.63, 3.8) is 0 Å². The summed E-state index contributed by atoms with van der Waals surface area (Å²) in [7, 11) is -1.64. The number of aromatic nitrogens is 3. The first-order valence-electron chi connectivity index (χ1n) is 10.2. The van der Waals surface area contributed by atoms with E-state index in [2.05, 4.69) is 15.4 Å². The highest BCUT2D eigenvalue weighted by molar-refractivity contribution is 7.90. The monoisotopic (exact) mass is 456 g/mol. The lowest BCUT2D eigenvalue weighted by Crippen LogP contribution is -2.38. The van der Waals surface area contributed by atoms with Crippen LogP contribution in [-0.2, 0) is 20.0 Å². The lowest BCUT2D eigenvalue weighted by molar-refractivity contribution is -0.123. The minimum Gasteiger partial charge on any atom is -0.493 e. The summed E-state index contributed by atoms with van der Waals surface area (Å²) in [4.78, 5) is 29.3. The van der Waals surface area contributed by atoms with Gasteiger partial charge in [-0.1, -0.05) is 18.2 Å². The number of fused-ring (bicyclic) bond motifs is 1. The highest BCUT2D eigenvalue weighted by Crippen LogP contribution is 2.47. The lowest BCUT2D eigenvalue weighted by Gasteiger charge is -2.11. The van der Waals surface area contributed by atoms with Gasteiger partial charge in [0.25, 0.3) is 0 Å². The number of nitrogens with one attached hydrogen (secondary N) is 1. The maximum absolute atomic E-state index is 12.9. The Bertz CT molecular complexity index is 1330. The fraction of sp³-hybridized carbons (Fsp3) is 0.364. The van der Waals surface area contributed by atoms with E-state index in [1.165, 1.54) is 14.0 Å². The van der Waals surface area contributed by atoms with E-state index in [1.54, 1.807) is 28.8 Å². The normalized spacial score (nSPS) is 14.8. The number of ketones is 1. The van der Waals surface area contributed by atoms with Crippen LogP contribution in [0.25, 0.3) is 16.9 Å². The van der Waals surface area contributed by atoms with Crippen molar-refractivity contribution in [2.45, 2.75) is 25.2 Å². The van der Waals surface area contributed by atoms with Gasteiger partial charge in [0.15, 0.2) is 23.0 Å². The van der Waals surface area contributed by atoms with Gasteiger partial charge < -0.3 is 10.1 Å². The smallest absolute Gasteiger partial charge is 0.234 e. The molecule has 1 amide bonds. The fourth-order valence-electron chi connectivity index (χ4n) is 3.61. The van der Waals surface area contributed by atoms with Gasteiger partial charge in [-0.15, -0.1) is 5.10 Å². The average molecular weight is 457 g/mol. The Balaban J connectivity index is 1.74. The summed E-state index contributed by atoms with van der Waals surface area (Å²) in [6, 6.07) is 10.8. The van der Waals surface area contributed by atoms with Crippen molar-refractivity contribution in [3.8, 4) is 17.0 Å². The Morgan fingerprint density at radius 1 is 1.22 bits per heavy atom. The van der Waals surface area contributed by atoms with Crippen LogP contribution in [0.4, 0.5) is 0 Å². The summed E-state index contributed by atoms with van der Waals surface area (Å²) in [6.07, 6.45) is 2.28. The summed E-state index contributed by atoms with van der Waals surface area (Å²) < 4.78 is 29.8. The van der Waals surface area contributed by atoms with E-state index in [0.29, 0.717) is 41.3 Å². The zero-order valence-corrected chi connectivity index (χ0v) is 18.9. The average Bonchev–Trinajstić information content (AvgIpc) is 3.44. The number of ether oxygens (including phenoxy) is 1. The number of benzene rings is 1. The number of carbonyl (C=O) groups is 2. The molecule has 0 bridgehead atoms. The third kappa shape index (κ3) is 4.10. The standard InChI is InChI=1S/C22H24N4O5S/c1-14(27)15-5-4-6-16(13-15)17-7-8-18(31-2)19-24-20(25-26(17)19)22(9-10-22)21(28)23-11-12-32(3,29)30/h4-8,13H,9-12H2,1-3H3,(H,23,28). The number of amides is 1. The van der Waals surface area contributed by atoms with E-state index in [9.17, 15) is 18.0 Å². The predicted molar refractivity (Wildman–Crippen MR) is 119 cm³/mol. The zero-order valence-electron chi connectivity index (χ0n) is 18.1. The largest absolute Gasteiger partial charge is 0.493 e. The Kier molecular flexibility index (Phi) is 5.49. The molecule has 3 aromatic rings. The van der Waals surface area contributed by atoms with Gasteiger partial charge in [-0.2, -0.15) is 0 Å². The highest BCUT2D eigenvalue weighted by atomic mass is 32.2. The zero-order chi connectivity index (χ0) is 23.1. The van der Waals surface area contributed by atoms with Crippen LogP contribution in [0.2, 0.25) is 0 Å². The Morgan fingerprint density at radius 3 is 2.59 bits per heavy atom. The number of pyridine rings is 1. The number of hydrogen-bond donors (Lipinski definition) is 1. The fourth-order valence-corrected chi connectivity index (χ4v) is 4.09. The summed E-state index contributed by atoms with van der Waals surface area (Å²) >= 11 is 0. The number of Topliss-reactive ketones (excluding diaryl/α,β-unsaturated/α-hetero) is 1. The van der Waals surface area contributed by atoms with Crippen LogP contribution in [0.15, 0.2) is 36.4 Å². The second-order valence-electron chi connectivity index (χ2n) is 8.06. The van der Waals surface area contributed by atoms with Crippen LogP contribution < -0.4 is 10.1 Å². The number of nitrogens with zero attached hydrogens (tertiary/aromatic N) is 3. The minimum atomic E-state index is -3.18. The quantitative estimate of drug-likeness (QED) is 0.513. The van der Waals surface area contributed by atoms with E-state index in [-0.39, 0.29) is 24.0 Å². The SMILES string of the molecule is COc1ccc(-c2cccc(C(C)=O)c2)n2nc(C3(C(=O)NCCS(C)(=O)=O)CC3)nc12. The van der Waals surface area contributed by atoms with Gasteiger partial charge in [0.1, 0.15) is 15.3 Å². The van der Waals surface area contributed by atoms with Crippen LogP contribution in [0.1, 0.15) is 35.9 Å². The van der Waals surface area contributed by atoms with Crippen LogP contribution in [0, 0.1) is 0 Å². The van der Waals surface area contributed by atoms with Crippen molar-refractivity contribution < 1.29 is 22.7 Å². The Morgan fingerprint density at radius 2 is 1.97 bits per heavy atom. The molecule has 10 heteroatoms. The molecule has 0 radical (unpaired) electrons. The first kappa shape index (κ1) is 21.9. The molecule has 4 rings (SSSR count). The Labute approximate surface area is 185 Å². The third-order valence-electron chi connectivity index (χ3n) is 5.60. The van der Waals surface area contributed by atoms with E-state index in [0.717, 1.165) is 11.8 Å². The molecule has 2 heterocycles. The van der Waals surface area contributed by atoms with E-state index in [4.69, 9.17) is 4.74 Å². The number of hydrogen-bond acceptors (Lipinski definition) is 7. The lowest BCUT2D eigenvalue weighted by atomic mass is 10.1. The van der Waals surface area contributed by atoms with Crippen molar-refractivity contribution >= 4 is 27.2 Å². The van der Waals surface area contributed by atoms with E-state index >= 15 is 0 Å². The van der Waals surface area contributed by atoms with Gasteiger partial charge in [0, 0.05) is 23.9 Å². The number of rotatable bonds is 8. The van der Waals surface area contributed by atoms with Crippen LogP contribution >= 0.6 is 0 Å². The molecule has 1 fully saturated rings. The maximum Gasteiger partial charge on any atom is 0.234 e. The molecule has 1 saturated carbocycles. The minimum absolute atomic E-state index is 0.0409. The molecule has 0 saturated heterocycles. The molecule has 1 aromatic carbocycles. The van der Waals surface area contributed by atoms with Crippen molar-refractivity contribution in [2.75, 3.05) is 25.7 Å². The molecule has 1 aliphatic carbocycles. The van der Waals surface area contributed by atoms with Crippen molar-refractivity contribution in [2.24, 2.45) is 0 Å². The second kappa shape index (κ2) is 8.01. The molecule has 0 aliphatic heterocycles. The van der Waals surface area contributed by atoms with Gasteiger partial charge in [-0.05, 0) is 38.0 Å². The molecule has 2 aromatic heterocycles. The summed E-state index contributed by atoms with van der Waals surface area (Å²) in [6.45, 7) is 1.55. The van der Waals surface area contributed by atoms with Gasteiger partial charge in [0.2, 0.25) is 5.91 Å². The highest BCUT2D eigenvalue weighted by Gasteiger charge is 2.54. The summed E-state index contributed by atoms with van der Waals surface area (Å²) in [5, 5.41) is 7.35. The summed E-state index contributed by atoms with van der Waals surface area (Å²) in [5.74, 6) is 0.416. The Hall–Kier alpha value is -3.27. The number of methoxy groups -OCH3 is 1. The van der Waals surface area contributed by atoms with Gasteiger partial charge in [-0.25, -0.2) is 17.9 Å². The number of sulfone groups is 1. The van der Waals surface area contributed by atoms with Crippen molar-refractivity contribution in [1.82, 2.24) is 19.9 Å². The molecular weight excluding hydrogens is 432 g/mol. The first-order chi connectivity index (χ1) is 15.1. The van der Waals surface area contributed by atoms with Crippen LogP contribution in [0.3, 0.4) is 0 Å². The van der Waals surface area contributed by atoms with E-state index < -0.39 is 15.3 Å². The molecule has 168 valence electrons. The van der Waals surface area contributed by atoms with Crippen LogP contribution in [-0.4, -0.2) is 60.4 Å². The topological polar surface area (TPSA) is 120 Å². The van der Waals surface area contributed by atoms with Gasteiger partial charge in [0.05, 0.1) is 18.6 Å². The first-order valence-corrected chi connectivity index (χ1v) is 12.2. The van der Waals surface area contributed by atoms with Gasteiger partial charge in [-0.3, -0.25) is 9.59 Å². The molecular formula is C22H24N4O5S. The summed E-state index contributed by atoms with van der Waals surface area (Å²) in [5.41, 5.74) is 1.65. The number of carbonyl (C=O) groups excluding carboxylic acids is 2. The van der Waals surface area contributed by atoms with Gasteiger partial charge >= 0.3 is 0 Å². The van der Waals surface area contributed by atoms with Crippen molar-refractivity contribution in [3.05, 3.63) is 47.8 Å². The van der Waals surface area contributed by atoms with Crippen molar-refractivity contribution in [1.29, 1.82) is 0 Å². The molecule has 9 nitrogen and oxygen atoms in total. The molecule has 1 N–H and O–H groups in total. The van der Waals surface area contributed by atoms with E-state index in [1.807, 2.05) is 12.1 Å².